The number of aromatic amines is 1. The lowest BCUT2D eigenvalue weighted by atomic mass is 9.74. The molecule has 0 bridgehead atoms. The Hall–Kier alpha value is -2.13. The molecule has 2 heterocycles. The summed E-state index contributed by atoms with van der Waals surface area (Å²) in [6.07, 6.45) is 4.15. The number of nitrogens with one attached hydrogen (secondary N) is 1. The quantitative estimate of drug-likeness (QED) is 0.728. The molecule has 1 aliphatic carbocycles. The molecule has 0 radical (unpaired) electrons. The van der Waals surface area contributed by atoms with E-state index in [-0.39, 0.29) is 11.7 Å². The Morgan fingerprint density at radius 3 is 3.00 bits per heavy atom. The Kier molecular flexibility index (Phi) is 2.44. The molecule has 0 fully saturated rings. The Bertz CT molecular complexity index is 837. The van der Waals surface area contributed by atoms with Gasteiger partial charge >= 0.3 is 0 Å². The van der Waals surface area contributed by atoms with Crippen LogP contribution in [0.25, 0.3) is 11.0 Å². The van der Waals surface area contributed by atoms with E-state index < -0.39 is 0 Å². The Labute approximate surface area is 120 Å². The number of aromatic nitrogens is 2. The molecule has 20 heavy (non-hydrogen) atoms. The molecule has 1 atom stereocenters. The normalized spacial score (nSPS) is 16.8. The van der Waals surface area contributed by atoms with Crippen LogP contribution in [0.5, 0.6) is 0 Å². The van der Waals surface area contributed by atoms with Crippen molar-refractivity contribution in [2.24, 2.45) is 0 Å². The number of H-pyrrole nitrogens is 1. The summed E-state index contributed by atoms with van der Waals surface area (Å²) >= 11 is 6.20. The molecule has 1 unspecified atom stereocenters. The number of nitrogens with zero attached hydrogens (tertiary/aromatic N) is 1. The molecule has 2 aromatic heterocycles. The maximum absolute atomic E-state index is 12.7. The third kappa shape index (κ3) is 1.53. The third-order valence-electron chi connectivity index (χ3n) is 3.96. The van der Waals surface area contributed by atoms with Crippen LogP contribution in [-0.4, -0.2) is 15.8 Å². The molecular weight excluding hydrogens is 272 g/mol. The number of benzene rings is 1. The monoisotopic (exact) mass is 282 g/mol. The summed E-state index contributed by atoms with van der Waals surface area (Å²) in [5, 5.41) is 1.29. The van der Waals surface area contributed by atoms with Crippen molar-refractivity contribution in [3.05, 3.63) is 64.4 Å². The molecule has 0 saturated carbocycles. The summed E-state index contributed by atoms with van der Waals surface area (Å²) < 4.78 is 0. The van der Waals surface area contributed by atoms with Crippen LogP contribution in [0.15, 0.2) is 42.7 Å². The summed E-state index contributed by atoms with van der Waals surface area (Å²) in [7, 11) is 0. The van der Waals surface area contributed by atoms with E-state index in [1.54, 1.807) is 18.5 Å². The maximum Gasteiger partial charge on any atom is 0.172 e. The molecule has 0 amide bonds. The molecule has 1 N–H and O–H groups in total. The van der Waals surface area contributed by atoms with Gasteiger partial charge in [0.25, 0.3) is 0 Å². The highest BCUT2D eigenvalue weighted by Crippen LogP contribution is 2.39. The van der Waals surface area contributed by atoms with Crippen molar-refractivity contribution in [2.75, 3.05) is 0 Å². The molecular formula is C16H11ClN2O. The van der Waals surface area contributed by atoms with E-state index in [1.807, 2.05) is 18.2 Å². The van der Waals surface area contributed by atoms with Gasteiger partial charge < -0.3 is 4.98 Å². The van der Waals surface area contributed by atoms with Crippen LogP contribution in [0, 0.1) is 0 Å². The summed E-state index contributed by atoms with van der Waals surface area (Å²) in [6, 6.07) is 9.79. The van der Waals surface area contributed by atoms with Crippen LogP contribution in [0.2, 0.25) is 5.02 Å². The number of carbonyl (C=O) groups is 1. The van der Waals surface area contributed by atoms with E-state index in [0.29, 0.717) is 16.2 Å². The molecule has 3 nitrogen and oxygen atoms in total. The number of Topliss-reactive ketones (excluding diaryl/α,β-unsaturated/α-hetero) is 1. The van der Waals surface area contributed by atoms with Gasteiger partial charge in [0.1, 0.15) is 5.65 Å². The molecule has 4 rings (SSSR count). The number of pyridine rings is 1. The van der Waals surface area contributed by atoms with Crippen molar-refractivity contribution in [1.29, 1.82) is 0 Å². The van der Waals surface area contributed by atoms with Gasteiger partial charge in [-0.25, -0.2) is 4.98 Å². The molecule has 98 valence electrons. The van der Waals surface area contributed by atoms with Crippen molar-refractivity contribution >= 4 is 28.4 Å². The number of carbonyl (C=O) groups excluding carboxylic acids is 1. The number of hydrogen-bond acceptors (Lipinski definition) is 2. The topological polar surface area (TPSA) is 45.8 Å². The SMILES string of the molecule is O=C(c1c[nH]c2nccc(Cl)c12)C1Cc2ccccc21. The van der Waals surface area contributed by atoms with Gasteiger partial charge in [-0.15, -0.1) is 0 Å². The fourth-order valence-corrected chi connectivity index (χ4v) is 3.14. The predicted molar refractivity (Wildman–Crippen MR) is 78.3 cm³/mol. The second kappa shape index (κ2) is 4.18. The third-order valence-corrected chi connectivity index (χ3v) is 4.27. The van der Waals surface area contributed by atoms with Crippen molar-refractivity contribution in [3.63, 3.8) is 0 Å². The highest BCUT2D eigenvalue weighted by Gasteiger charge is 2.33. The molecule has 3 aromatic rings. The van der Waals surface area contributed by atoms with Crippen molar-refractivity contribution < 1.29 is 4.79 Å². The van der Waals surface area contributed by atoms with Gasteiger partial charge in [0.2, 0.25) is 0 Å². The first-order valence-electron chi connectivity index (χ1n) is 6.49. The van der Waals surface area contributed by atoms with Gasteiger partial charge in [-0.05, 0) is 23.6 Å². The first-order chi connectivity index (χ1) is 9.75. The van der Waals surface area contributed by atoms with E-state index in [9.17, 15) is 4.79 Å². The van der Waals surface area contributed by atoms with E-state index in [4.69, 9.17) is 11.6 Å². The van der Waals surface area contributed by atoms with Crippen LogP contribution in [0.3, 0.4) is 0 Å². The second-order valence-electron chi connectivity index (χ2n) is 5.04. The van der Waals surface area contributed by atoms with E-state index in [1.165, 1.54) is 5.56 Å². The zero-order valence-electron chi connectivity index (χ0n) is 10.6. The van der Waals surface area contributed by atoms with Gasteiger partial charge in [0, 0.05) is 23.3 Å². The summed E-state index contributed by atoms with van der Waals surface area (Å²) in [5.74, 6) is 0.0614. The lowest BCUT2D eigenvalue weighted by Crippen LogP contribution is -2.25. The summed E-state index contributed by atoms with van der Waals surface area (Å²) in [5.41, 5.74) is 3.69. The molecule has 0 saturated heterocycles. The largest absolute Gasteiger partial charge is 0.345 e. The zero-order chi connectivity index (χ0) is 13.7. The van der Waals surface area contributed by atoms with Crippen LogP contribution in [0.1, 0.15) is 27.4 Å². The fraction of sp³-hybridized carbons (Fsp3) is 0.125. The number of hydrogen-bond donors (Lipinski definition) is 1. The van der Waals surface area contributed by atoms with Crippen molar-refractivity contribution in [1.82, 2.24) is 9.97 Å². The Balaban J connectivity index is 1.80. The van der Waals surface area contributed by atoms with Crippen LogP contribution in [-0.2, 0) is 6.42 Å². The number of halogens is 1. The molecule has 1 aliphatic rings. The maximum atomic E-state index is 12.7. The molecule has 4 heteroatoms. The first kappa shape index (κ1) is 11.7. The van der Waals surface area contributed by atoms with Crippen LogP contribution >= 0.6 is 11.6 Å². The minimum Gasteiger partial charge on any atom is -0.345 e. The van der Waals surface area contributed by atoms with Crippen molar-refractivity contribution in [3.8, 4) is 0 Å². The van der Waals surface area contributed by atoms with Gasteiger partial charge in [-0.2, -0.15) is 0 Å². The Morgan fingerprint density at radius 2 is 2.15 bits per heavy atom. The molecule has 0 aliphatic heterocycles. The minimum atomic E-state index is -0.0542. The summed E-state index contributed by atoms with van der Waals surface area (Å²) in [4.78, 5) is 19.9. The first-order valence-corrected chi connectivity index (χ1v) is 6.87. The number of fused-ring (bicyclic) bond motifs is 2. The lowest BCUT2D eigenvalue weighted by Gasteiger charge is -2.28. The fourth-order valence-electron chi connectivity index (χ4n) is 2.89. The Morgan fingerprint density at radius 1 is 1.30 bits per heavy atom. The van der Waals surface area contributed by atoms with Gasteiger partial charge in [0.15, 0.2) is 5.78 Å². The van der Waals surface area contributed by atoms with E-state index in [2.05, 4.69) is 16.0 Å². The van der Waals surface area contributed by atoms with Gasteiger partial charge in [0.05, 0.1) is 10.9 Å². The van der Waals surface area contributed by atoms with Gasteiger partial charge in [-0.1, -0.05) is 35.9 Å². The standard InChI is InChI=1S/C16H11ClN2O/c17-13-5-6-18-16-14(13)12(8-19-16)15(20)11-7-9-3-1-2-4-10(9)11/h1-6,8,11H,7H2,(H,18,19). The average molecular weight is 283 g/mol. The number of rotatable bonds is 2. The zero-order valence-corrected chi connectivity index (χ0v) is 11.3. The van der Waals surface area contributed by atoms with E-state index >= 15 is 0 Å². The van der Waals surface area contributed by atoms with E-state index in [0.717, 1.165) is 17.4 Å². The average Bonchev–Trinajstić information content (AvgIpc) is 2.85. The number of ketones is 1. The molecule has 0 spiro atoms. The lowest BCUT2D eigenvalue weighted by molar-refractivity contribution is 0.0950. The highest BCUT2D eigenvalue weighted by atomic mass is 35.5. The highest BCUT2D eigenvalue weighted by molar-refractivity contribution is 6.36. The summed E-state index contributed by atoms with van der Waals surface area (Å²) in [6.45, 7) is 0. The second-order valence-corrected chi connectivity index (χ2v) is 5.45. The van der Waals surface area contributed by atoms with Crippen LogP contribution in [0.4, 0.5) is 0 Å². The van der Waals surface area contributed by atoms with Crippen molar-refractivity contribution in [2.45, 2.75) is 12.3 Å². The smallest absolute Gasteiger partial charge is 0.172 e. The van der Waals surface area contributed by atoms with Gasteiger partial charge in [-0.3, -0.25) is 4.79 Å². The minimum absolute atomic E-state index is 0.0542. The predicted octanol–water partition coefficient (Wildman–Crippen LogP) is 3.74. The van der Waals surface area contributed by atoms with Crippen LogP contribution < -0.4 is 0 Å². The molecule has 1 aromatic carbocycles.